The van der Waals surface area contributed by atoms with Gasteiger partial charge in [-0.2, -0.15) is 0 Å². The standard InChI is InChI=1S/C19H20ClNO3/c1-19(2,3)12-17(22)24-14-10-8-13(9-11-14)21-18(23)15-6-4-5-7-16(15)20/h4-11H,12H2,1-3H3,(H,21,23). The lowest BCUT2D eigenvalue weighted by molar-refractivity contribution is -0.136. The Bertz CT molecular complexity index is 733. The summed E-state index contributed by atoms with van der Waals surface area (Å²) in [5.74, 6) is -0.131. The zero-order chi connectivity index (χ0) is 17.7. The zero-order valence-corrected chi connectivity index (χ0v) is 14.7. The van der Waals surface area contributed by atoms with Crippen LogP contribution < -0.4 is 10.1 Å². The van der Waals surface area contributed by atoms with Gasteiger partial charge in [-0.05, 0) is 41.8 Å². The average Bonchev–Trinajstić information content (AvgIpc) is 2.47. The third-order valence-corrected chi connectivity index (χ3v) is 3.47. The highest BCUT2D eigenvalue weighted by Gasteiger charge is 2.17. The van der Waals surface area contributed by atoms with E-state index in [0.717, 1.165) is 0 Å². The summed E-state index contributed by atoms with van der Waals surface area (Å²) in [6, 6.07) is 13.5. The second-order valence-electron chi connectivity index (χ2n) is 6.67. The Labute approximate surface area is 146 Å². The summed E-state index contributed by atoms with van der Waals surface area (Å²) in [7, 11) is 0. The Morgan fingerprint density at radius 3 is 2.25 bits per heavy atom. The first-order valence-electron chi connectivity index (χ1n) is 7.61. The number of hydrogen-bond acceptors (Lipinski definition) is 3. The molecule has 0 radical (unpaired) electrons. The maximum atomic E-state index is 12.2. The molecule has 0 aromatic heterocycles. The summed E-state index contributed by atoms with van der Waals surface area (Å²) < 4.78 is 5.28. The monoisotopic (exact) mass is 345 g/mol. The van der Waals surface area contributed by atoms with Crippen LogP contribution in [0.2, 0.25) is 5.02 Å². The number of carbonyl (C=O) groups excluding carboxylic acids is 2. The van der Waals surface area contributed by atoms with Gasteiger partial charge in [-0.1, -0.05) is 44.5 Å². The molecule has 2 aromatic rings. The molecule has 0 bridgehead atoms. The van der Waals surface area contributed by atoms with Gasteiger partial charge in [0.15, 0.2) is 0 Å². The number of amides is 1. The molecule has 2 aromatic carbocycles. The highest BCUT2D eigenvalue weighted by atomic mass is 35.5. The lowest BCUT2D eigenvalue weighted by Gasteiger charge is -2.16. The second-order valence-corrected chi connectivity index (χ2v) is 7.08. The first-order valence-corrected chi connectivity index (χ1v) is 7.99. The lowest BCUT2D eigenvalue weighted by Crippen LogP contribution is -2.17. The van der Waals surface area contributed by atoms with Gasteiger partial charge in [0.1, 0.15) is 5.75 Å². The highest BCUT2D eigenvalue weighted by molar-refractivity contribution is 6.34. The van der Waals surface area contributed by atoms with E-state index in [1.807, 2.05) is 20.8 Å². The van der Waals surface area contributed by atoms with Crippen molar-refractivity contribution in [1.82, 2.24) is 0 Å². The minimum atomic E-state index is -0.293. The second kappa shape index (κ2) is 7.49. The number of benzene rings is 2. The van der Waals surface area contributed by atoms with E-state index in [1.165, 1.54) is 0 Å². The van der Waals surface area contributed by atoms with Crippen LogP contribution in [0.5, 0.6) is 5.75 Å². The number of rotatable bonds is 4. The summed E-state index contributed by atoms with van der Waals surface area (Å²) in [5, 5.41) is 3.15. The minimum absolute atomic E-state index is 0.125. The third kappa shape index (κ3) is 5.39. The molecule has 0 aliphatic rings. The highest BCUT2D eigenvalue weighted by Crippen LogP contribution is 2.22. The number of carbonyl (C=O) groups is 2. The number of halogens is 1. The van der Waals surface area contributed by atoms with E-state index in [1.54, 1.807) is 48.5 Å². The van der Waals surface area contributed by atoms with Crippen molar-refractivity contribution in [2.75, 3.05) is 5.32 Å². The smallest absolute Gasteiger partial charge is 0.311 e. The van der Waals surface area contributed by atoms with Gasteiger partial charge in [0.2, 0.25) is 0 Å². The lowest BCUT2D eigenvalue weighted by atomic mass is 9.92. The van der Waals surface area contributed by atoms with Crippen LogP contribution in [0.3, 0.4) is 0 Å². The van der Waals surface area contributed by atoms with Crippen LogP contribution in [0.4, 0.5) is 5.69 Å². The largest absolute Gasteiger partial charge is 0.427 e. The van der Waals surface area contributed by atoms with Crippen molar-refractivity contribution in [3.05, 3.63) is 59.1 Å². The van der Waals surface area contributed by atoms with Gasteiger partial charge in [-0.3, -0.25) is 9.59 Å². The van der Waals surface area contributed by atoms with Crippen molar-refractivity contribution in [3.63, 3.8) is 0 Å². The van der Waals surface area contributed by atoms with Crippen molar-refractivity contribution in [3.8, 4) is 5.75 Å². The molecular formula is C19H20ClNO3. The molecule has 24 heavy (non-hydrogen) atoms. The summed E-state index contributed by atoms with van der Waals surface area (Å²) in [6.07, 6.45) is 0.331. The van der Waals surface area contributed by atoms with Crippen molar-refractivity contribution >= 4 is 29.2 Å². The van der Waals surface area contributed by atoms with Gasteiger partial charge < -0.3 is 10.1 Å². The maximum Gasteiger partial charge on any atom is 0.311 e. The normalized spacial score (nSPS) is 11.0. The van der Waals surface area contributed by atoms with Crippen molar-refractivity contribution in [1.29, 1.82) is 0 Å². The molecule has 0 atom stereocenters. The average molecular weight is 346 g/mol. The van der Waals surface area contributed by atoms with Crippen LogP contribution in [-0.2, 0) is 4.79 Å². The molecule has 0 aliphatic heterocycles. The first kappa shape index (κ1) is 18.0. The van der Waals surface area contributed by atoms with Gasteiger partial charge in [-0.15, -0.1) is 0 Å². The Morgan fingerprint density at radius 1 is 1.04 bits per heavy atom. The Hall–Kier alpha value is -2.33. The van der Waals surface area contributed by atoms with E-state index in [9.17, 15) is 9.59 Å². The molecule has 0 aliphatic carbocycles. The molecule has 0 fully saturated rings. The van der Waals surface area contributed by atoms with Gasteiger partial charge in [0, 0.05) is 5.69 Å². The maximum absolute atomic E-state index is 12.2. The van der Waals surface area contributed by atoms with E-state index < -0.39 is 0 Å². The quantitative estimate of drug-likeness (QED) is 0.631. The Balaban J connectivity index is 1.98. The van der Waals surface area contributed by atoms with Gasteiger partial charge >= 0.3 is 5.97 Å². The van der Waals surface area contributed by atoms with E-state index in [2.05, 4.69) is 5.32 Å². The van der Waals surface area contributed by atoms with Crippen molar-refractivity contribution < 1.29 is 14.3 Å². The summed E-state index contributed by atoms with van der Waals surface area (Å²) >= 11 is 6.00. The molecule has 0 heterocycles. The molecule has 0 saturated carbocycles. The molecule has 0 spiro atoms. The summed E-state index contributed by atoms with van der Waals surface area (Å²) in [4.78, 5) is 24.0. The van der Waals surface area contributed by atoms with Crippen LogP contribution in [-0.4, -0.2) is 11.9 Å². The fraction of sp³-hybridized carbons (Fsp3) is 0.263. The number of nitrogens with one attached hydrogen (secondary N) is 1. The van der Waals surface area contributed by atoms with Gasteiger partial charge in [0.05, 0.1) is 17.0 Å². The number of ether oxygens (including phenoxy) is 1. The van der Waals surface area contributed by atoms with Crippen molar-refractivity contribution in [2.24, 2.45) is 5.41 Å². The molecule has 1 amide bonds. The summed E-state index contributed by atoms with van der Waals surface area (Å²) in [5.41, 5.74) is 0.871. The third-order valence-electron chi connectivity index (χ3n) is 3.14. The molecule has 5 heteroatoms. The molecule has 4 nitrogen and oxygen atoms in total. The predicted molar refractivity (Wildman–Crippen MR) is 95.6 cm³/mol. The van der Waals surface area contributed by atoms with Crippen LogP contribution >= 0.6 is 11.6 Å². The zero-order valence-electron chi connectivity index (χ0n) is 13.9. The SMILES string of the molecule is CC(C)(C)CC(=O)Oc1ccc(NC(=O)c2ccccc2Cl)cc1. The van der Waals surface area contributed by atoms with Crippen LogP contribution in [0, 0.1) is 5.41 Å². The molecule has 2 rings (SSSR count). The predicted octanol–water partition coefficient (Wildman–Crippen LogP) is 4.93. The van der Waals surface area contributed by atoms with Gasteiger partial charge in [-0.25, -0.2) is 0 Å². The molecule has 0 unspecified atom stereocenters. The van der Waals surface area contributed by atoms with E-state index in [-0.39, 0.29) is 17.3 Å². The first-order chi connectivity index (χ1) is 11.2. The van der Waals surface area contributed by atoms with E-state index in [0.29, 0.717) is 28.4 Å². The number of hydrogen-bond donors (Lipinski definition) is 1. The topological polar surface area (TPSA) is 55.4 Å². The van der Waals surface area contributed by atoms with Gasteiger partial charge in [0.25, 0.3) is 5.91 Å². The fourth-order valence-electron chi connectivity index (χ4n) is 2.05. The number of esters is 1. The molecule has 126 valence electrons. The van der Waals surface area contributed by atoms with Crippen LogP contribution in [0.25, 0.3) is 0 Å². The Morgan fingerprint density at radius 2 is 1.67 bits per heavy atom. The summed E-state index contributed by atoms with van der Waals surface area (Å²) in [6.45, 7) is 5.92. The molecule has 0 saturated heterocycles. The number of anilines is 1. The molecule has 1 N–H and O–H groups in total. The van der Waals surface area contributed by atoms with Crippen molar-refractivity contribution in [2.45, 2.75) is 27.2 Å². The molecular weight excluding hydrogens is 326 g/mol. The fourth-order valence-corrected chi connectivity index (χ4v) is 2.27. The van der Waals surface area contributed by atoms with Crippen LogP contribution in [0.1, 0.15) is 37.6 Å². The van der Waals surface area contributed by atoms with E-state index >= 15 is 0 Å². The Kier molecular flexibility index (Phi) is 5.62. The van der Waals surface area contributed by atoms with E-state index in [4.69, 9.17) is 16.3 Å². The minimum Gasteiger partial charge on any atom is -0.427 e. The van der Waals surface area contributed by atoms with Crippen LogP contribution in [0.15, 0.2) is 48.5 Å².